The van der Waals surface area contributed by atoms with Crippen LogP contribution in [0.1, 0.15) is 33.0 Å². The first-order valence-electron chi connectivity index (χ1n) is 8.45. The lowest BCUT2D eigenvalue weighted by molar-refractivity contribution is -0.130. The summed E-state index contributed by atoms with van der Waals surface area (Å²) in [6, 6.07) is 13.6. The van der Waals surface area contributed by atoms with E-state index in [-0.39, 0.29) is 24.5 Å². The van der Waals surface area contributed by atoms with Crippen LogP contribution in [0.3, 0.4) is 0 Å². The van der Waals surface area contributed by atoms with Crippen molar-refractivity contribution in [1.29, 1.82) is 0 Å². The summed E-state index contributed by atoms with van der Waals surface area (Å²) in [4.78, 5) is 27.9. The first-order valence-corrected chi connectivity index (χ1v) is 9.27. The van der Waals surface area contributed by atoms with E-state index in [1.807, 2.05) is 55.6 Å². The monoisotopic (exact) mass is 367 g/mol. The van der Waals surface area contributed by atoms with E-state index < -0.39 is 0 Å². The van der Waals surface area contributed by atoms with Crippen molar-refractivity contribution in [3.63, 3.8) is 0 Å². The normalized spacial score (nSPS) is 10.7. The lowest BCUT2D eigenvalue weighted by Crippen LogP contribution is -2.26. The molecular weight excluding hydrogens is 346 g/mol. The SMILES string of the molecule is Cc1ccc(C(=O)CCC(=O)N(C)Cc2cnn(-c3ccccc3)c2)s1. The second kappa shape index (κ2) is 8.10. The van der Waals surface area contributed by atoms with Crippen LogP contribution in [0.25, 0.3) is 5.69 Å². The number of hydrogen-bond donors (Lipinski definition) is 0. The third-order valence-corrected chi connectivity index (χ3v) is 5.13. The van der Waals surface area contributed by atoms with E-state index in [9.17, 15) is 9.59 Å². The molecule has 0 bridgehead atoms. The van der Waals surface area contributed by atoms with Crippen LogP contribution in [0.2, 0.25) is 0 Å². The van der Waals surface area contributed by atoms with Crippen LogP contribution in [0.5, 0.6) is 0 Å². The van der Waals surface area contributed by atoms with Gasteiger partial charge >= 0.3 is 0 Å². The van der Waals surface area contributed by atoms with Gasteiger partial charge in [0.2, 0.25) is 5.91 Å². The summed E-state index contributed by atoms with van der Waals surface area (Å²) in [6.45, 7) is 2.44. The predicted molar refractivity (Wildman–Crippen MR) is 103 cm³/mol. The highest BCUT2D eigenvalue weighted by Crippen LogP contribution is 2.18. The zero-order valence-electron chi connectivity index (χ0n) is 14.9. The topological polar surface area (TPSA) is 55.2 Å². The fourth-order valence-electron chi connectivity index (χ4n) is 2.64. The Balaban J connectivity index is 1.53. The van der Waals surface area contributed by atoms with E-state index in [1.54, 1.807) is 22.8 Å². The number of rotatable bonds is 7. The number of thiophene rings is 1. The van der Waals surface area contributed by atoms with Gasteiger partial charge in [-0.3, -0.25) is 9.59 Å². The van der Waals surface area contributed by atoms with Crippen LogP contribution < -0.4 is 0 Å². The van der Waals surface area contributed by atoms with Crippen LogP contribution in [-0.2, 0) is 11.3 Å². The Morgan fingerprint density at radius 2 is 1.88 bits per heavy atom. The van der Waals surface area contributed by atoms with Gasteiger partial charge in [0.05, 0.1) is 16.8 Å². The number of aryl methyl sites for hydroxylation is 1. The third kappa shape index (κ3) is 4.46. The summed E-state index contributed by atoms with van der Waals surface area (Å²) in [5, 5.41) is 4.34. The van der Waals surface area contributed by atoms with E-state index in [0.717, 1.165) is 21.0 Å². The van der Waals surface area contributed by atoms with Crippen molar-refractivity contribution in [1.82, 2.24) is 14.7 Å². The molecular formula is C20H21N3O2S. The smallest absolute Gasteiger partial charge is 0.223 e. The van der Waals surface area contributed by atoms with Crippen molar-refractivity contribution < 1.29 is 9.59 Å². The Kier molecular flexibility index (Phi) is 5.63. The molecule has 1 aromatic carbocycles. The number of carbonyl (C=O) groups excluding carboxylic acids is 2. The van der Waals surface area contributed by atoms with E-state index in [0.29, 0.717) is 6.54 Å². The maximum absolute atomic E-state index is 12.3. The van der Waals surface area contributed by atoms with Crippen molar-refractivity contribution in [2.24, 2.45) is 0 Å². The molecule has 0 spiro atoms. The Hall–Kier alpha value is -2.73. The van der Waals surface area contributed by atoms with Crippen molar-refractivity contribution in [3.05, 3.63) is 70.2 Å². The highest BCUT2D eigenvalue weighted by atomic mass is 32.1. The second-order valence-electron chi connectivity index (χ2n) is 6.21. The molecule has 2 aromatic heterocycles. The lowest BCUT2D eigenvalue weighted by atomic mass is 10.1. The van der Waals surface area contributed by atoms with Gasteiger partial charge in [-0.15, -0.1) is 11.3 Å². The van der Waals surface area contributed by atoms with Gasteiger partial charge in [0.15, 0.2) is 5.78 Å². The minimum absolute atomic E-state index is 0.0294. The molecule has 0 aliphatic heterocycles. The summed E-state index contributed by atoms with van der Waals surface area (Å²) < 4.78 is 1.79. The van der Waals surface area contributed by atoms with Gasteiger partial charge < -0.3 is 4.90 Å². The maximum Gasteiger partial charge on any atom is 0.223 e. The van der Waals surface area contributed by atoms with Crippen molar-refractivity contribution >= 4 is 23.0 Å². The van der Waals surface area contributed by atoms with Gasteiger partial charge in [-0.2, -0.15) is 5.10 Å². The number of hydrogen-bond acceptors (Lipinski definition) is 4. The molecule has 1 amide bonds. The minimum atomic E-state index is -0.0425. The molecule has 0 saturated carbocycles. The van der Waals surface area contributed by atoms with Gasteiger partial charge in [-0.25, -0.2) is 4.68 Å². The van der Waals surface area contributed by atoms with E-state index >= 15 is 0 Å². The Morgan fingerprint density at radius 1 is 1.12 bits per heavy atom. The molecule has 26 heavy (non-hydrogen) atoms. The number of amides is 1. The van der Waals surface area contributed by atoms with Gasteiger partial charge in [0, 0.05) is 43.1 Å². The maximum atomic E-state index is 12.3. The average Bonchev–Trinajstić information content (AvgIpc) is 3.29. The summed E-state index contributed by atoms with van der Waals surface area (Å²) in [5.41, 5.74) is 1.93. The summed E-state index contributed by atoms with van der Waals surface area (Å²) in [6.07, 6.45) is 4.14. The molecule has 2 heterocycles. The third-order valence-electron chi connectivity index (χ3n) is 4.08. The molecule has 3 aromatic rings. The first-order chi connectivity index (χ1) is 12.5. The Labute approximate surface area is 156 Å². The largest absolute Gasteiger partial charge is 0.341 e. The van der Waals surface area contributed by atoms with Crippen molar-refractivity contribution in [2.45, 2.75) is 26.3 Å². The molecule has 0 aliphatic rings. The molecule has 0 saturated heterocycles. The molecule has 134 valence electrons. The lowest BCUT2D eigenvalue weighted by Gasteiger charge is -2.15. The van der Waals surface area contributed by atoms with Crippen LogP contribution >= 0.6 is 11.3 Å². The summed E-state index contributed by atoms with van der Waals surface area (Å²) in [7, 11) is 1.75. The summed E-state index contributed by atoms with van der Waals surface area (Å²) >= 11 is 1.47. The molecule has 0 fully saturated rings. The fraction of sp³-hybridized carbons (Fsp3) is 0.250. The average molecular weight is 367 g/mol. The zero-order valence-corrected chi connectivity index (χ0v) is 15.7. The standard InChI is InChI=1S/C20H21N3O2S/c1-15-8-10-19(26-15)18(24)9-11-20(25)22(2)13-16-12-21-23(14-16)17-6-4-3-5-7-17/h3-8,10,12,14H,9,11,13H2,1-2H3. The molecule has 3 rings (SSSR count). The predicted octanol–water partition coefficient (Wildman–Crippen LogP) is 3.86. The van der Waals surface area contributed by atoms with Crippen molar-refractivity contribution in [3.8, 4) is 5.69 Å². The second-order valence-corrected chi connectivity index (χ2v) is 7.50. The Morgan fingerprint density at radius 3 is 2.58 bits per heavy atom. The summed E-state index contributed by atoms with van der Waals surface area (Å²) in [5.74, 6) is -0.0131. The molecule has 0 unspecified atom stereocenters. The van der Waals surface area contributed by atoms with E-state index in [2.05, 4.69) is 5.10 Å². The fourth-order valence-corrected chi connectivity index (χ4v) is 3.48. The highest BCUT2D eigenvalue weighted by molar-refractivity contribution is 7.14. The van der Waals surface area contributed by atoms with Crippen molar-refractivity contribution in [2.75, 3.05) is 7.05 Å². The quantitative estimate of drug-likeness (QED) is 0.596. The molecule has 0 atom stereocenters. The van der Waals surface area contributed by atoms with Gasteiger partial charge in [-0.05, 0) is 31.2 Å². The van der Waals surface area contributed by atoms with Crippen LogP contribution in [0.4, 0.5) is 0 Å². The molecule has 5 nitrogen and oxygen atoms in total. The number of benzene rings is 1. The van der Waals surface area contributed by atoms with Crippen LogP contribution in [0.15, 0.2) is 54.9 Å². The van der Waals surface area contributed by atoms with Gasteiger partial charge in [0.1, 0.15) is 0 Å². The first kappa shape index (κ1) is 18.1. The molecule has 0 aliphatic carbocycles. The van der Waals surface area contributed by atoms with Crippen LogP contribution in [0, 0.1) is 6.92 Å². The number of ketones is 1. The van der Waals surface area contributed by atoms with Gasteiger partial charge in [0.25, 0.3) is 0 Å². The van der Waals surface area contributed by atoms with Gasteiger partial charge in [-0.1, -0.05) is 18.2 Å². The Bertz CT molecular complexity index is 899. The van der Waals surface area contributed by atoms with E-state index in [4.69, 9.17) is 0 Å². The van der Waals surface area contributed by atoms with Crippen LogP contribution in [-0.4, -0.2) is 33.4 Å². The number of para-hydroxylation sites is 1. The number of carbonyl (C=O) groups is 2. The number of nitrogens with zero attached hydrogens (tertiary/aromatic N) is 3. The molecule has 0 radical (unpaired) electrons. The minimum Gasteiger partial charge on any atom is -0.341 e. The molecule has 6 heteroatoms. The zero-order chi connectivity index (χ0) is 18.5. The highest BCUT2D eigenvalue weighted by Gasteiger charge is 2.15. The number of aromatic nitrogens is 2. The van der Waals surface area contributed by atoms with E-state index in [1.165, 1.54) is 11.3 Å². The number of Topliss-reactive ketones (excluding diaryl/α,β-unsaturated/α-hetero) is 1. The molecule has 0 N–H and O–H groups in total.